The van der Waals surface area contributed by atoms with E-state index in [1.807, 2.05) is 0 Å². The largest absolute Gasteiger partial charge is 0.478 e. The number of aromatic carboxylic acids is 1. The van der Waals surface area contributed by atoms with Gasteiger partial charge in [-0.05, 0) is 12.1 Å². The number of nitrogens with one attached hydrogen (secondary N) is 1. The highest BCUT2D eigenvalue weighted by molar-refractivity contribution is 6.03. The molecule has 0 saturated carbocycles. The second-order valence-corrected chi connectivity index (χ2v) is 3.86. The summed E-state index contributed by atoms with van der Waals surface area (Å²) in [6.07, 6.45) is -4.00. The second-order valence-electron chi connectivity index (χ2n) is 3.86. The number of fused-ring (bicyclic) bond motifs is 1. The van der Waals surface area contributed by atoms with E-state index >= 15 is 0 Å². The summed E-state index contributed by atoms with van der Waals surface area (Å²) in [4.78, 5) is 25.4. The van der Waals surface area contributed by atoms with Gasteiger partial charge in [0.15, 0.2) is 0 Å². The number of benzene rings is 1. The zero-order valence-corrected chi connectivity index (χ0v) is 9.73. The zero-order valence-electron chi connectivity index (χ0n) is 9.73. The van der Waals surface area contributed by atoms with Gasteiger partial charge in [-0.1, -0.05) is 12.1 Å². The van der Waals surface area contributed by atoms with Gasteiger partial charge in [0.1, 0.15) is 0 Å². The highest BCUT2D eigenvalue weighted by Crippen LogP contribution is 2.24. The molecule has 104 valence electrons. The van der Waals surface area contributed by atoms with Crippen molar-refractivity contribution < 1.29 is 27.9 Å². The first-order chi connectivity index (χ1) is 9.29. The molecule has 1 amide bonds. The minimum Gasteiger partial charge on any atom is -0.478 e. The van der Waals surface area contributed by atoms with Crippen LogP contribution in [0.25, 0.3) is 10.9 Å². The third kappa shape index (κ3) is 2.68. The molecule has 0 spiro atoms. The van der Waals surface area contributed by atoms with Crippen molar-refractivity contribution in [2.75, 3.05) is 5.32 Å². The number of anilines is 1. The van der Waals surface area contributed by atoms with E-state index in [1.54, 1.807) is 5.32 Å². The highest BCUT2D eigenvalue weighted by atomic mass is 19.4. The average Bonchev–Trinajstić information content (AvgIpc) is 2.37. The van der Waals surface area contributed by atoms with E-state index in [9.17, 15) is 22.8 Å². The summed E-state index contributed by atoms with van der Waals surface area (Å²) in [6, 6.07) is 5.38. The maximum atomic E-state index is 12.2. The number of rotatable bonds is 2. The predicted molar refractivity (Wildman–Crippen MR) is 63.4 cm³/mol. The number of carboxylic acids is 1. The fourth-order valence-electron chi connectivity index (χ4n) is 1.57. The lowest BCUT2D eigenvalue weighted by Gasteiger charge is -2.10. The van der Waals surface area contributed by atoms with Crippen LogP contribution in [0.3, 0.4) is 0 Å². The average molecular weight is 284 g/mol. The van der Waals surface area contributed by atoms with Crippen LogP contribution in [0.5, 0.6) is 0 Å². The summed E-state index contributed by atoms with van der Waals surface area (Å²) in [6.45, 7) is 0. The molecule has 0 unspecified atom stereocenters. The molecule has 20 heavy (non-hydrogen) atoms. The smallest absolute Gasteiger partial charge is 0.471 e. The Morgan fingerprint density at radius 1 is 1.25 bits per heavy atom. The molecule has 2 N–H and O–H groups in total. The van der Waals surface area contributed by atoms with Crippen molar-refractivity contribution >= 4 is 28.5 Å². The minimum atomic E-state index is -5.01. The number of carboxylic acid groups (broad SMARTS) is 1. The van der Waals surface area contributed by atoms with Gasteiger partial charge in [-0.25, -0.2) is 4.79 Å². The van der Waals surface area contributed by atoms with E-state index in [1.165, 1.54) is 24.3 Å². The number of hydrogen-bond acceptors (Lipinski definition) is 3. The van der Waals surface area contributed by atoms with Gasteiger partial charge in [0.05, 0.1) is 16.8 Å². The Bertz CT molecular complexity index is 698. The topological polar surface area (TPSA) is 79.3 Å². The monoisotopic (exact) mass is 284 g/mol. The number of carbonyl (C=O) groups excluding carboxylic acids is 1. The Morgan fingerprint density at radius 2 is 1.95 bits per heavy atom. The van der Waals surface area contributed by atoms with Gasteiger partial charge in [0.2, 0.25) is 0 Å². The fraction of sp³-hybridized carbons (Fsp3) is 0.0833. The predicted octanol–water partition coefficient (Wildman–Crippen LogP) is 2.43. The van der Waals surface area contributed by atoms with Crippen LogP contribution < -0.4 is 5.32 Å². The molecule has 5 nitrogen and oxygen atoms in total. The van der Waals surface area contributed by atoms with E-state index in [0.29, 0.717) is 5.39 Å². The number of carbonyl (C=O) groups is 2. The lowest BCUT2D eigenvalue weighted by Crippen LogP contribution is -2.30. The molecule has 0 aliphatic carbocycles. The number of amides is 1. The first-order valence-electron chi connectivity index (χ1n) is 5.29. The molecule has 0 radical (unpaired) electrons. The molecule has 2 aromatic rings. The third-order valence-corrected chi connectivity index (χ3v) is 2.46. The summed E-state index contributed by atoms with van der Waals surface area (Å²) in [7, 11) is 0. The van der Waals surface area contributed by atoms with Crippen LogP contribution in [0.4, 0.5) is 18.9 Å². The van der Waals surface area contributed by atoms with Crippen molar-refractivity contribution in [3.8, 4) is 0 Å². The van der Waals surface area contributed by atoms with Crippen molar-refractivity contribution in [2.24, 2.45) is 0 Å². The van der Waals surface area contributed by atoms with Crippen LogP contribution >= 0.6 is 0 Å². The SMILES string of the molecule is O=C(O)c1cnc2c(NC(=O)C(F)(F)F)cccc2c1. The molecule has 0 atom stereocenters. The number of para-hydroxylation sites is 1. The molecule has 0 aliphatic rings. The second kappa shape index (κ2) is 4.80. The zero-order chi connectivity index (χ0) is 14.9. The van der Waals surface area contributed by atoms with E-state index in [0.717, 1.165) is 6.20 Å². The van der Waals surface area contributed by atoms with Crippen molar-refractivity contribution in [3.05, 3.63) is 36.0 Å². The van der Waals surface area contributed by atoms with Gasteiger partial charge in [-0.3, -0.25) is 9.78 Å². The Kier molecular flexibility index (Phi) is 3.31. The van der Waals surface area contributed by atoms with Crippen molar-refractivity contribution in [1.29, 1.82) is 0 Å². The van der Waals surface area contributed by atoms with E-state index < -0.39 is 18.1 Å². The molecular formula is C12H7F3N2O3. The van der Waals surface area contributed by atoms with Crippen LogP contribution in [0.15, 0.2) is 30.5 Å². The van der Waals surface area contributed by atoms with Crippen LogP contribution in [-0.2, 0) is 4.79 Å². The minimum absolute atomic E-state index is 0.0788. The standard InChI is InChI=1S/C12H7F3N2O3/c13-12(14,15)11(20)17-8-3-1-2-6-4-7(10(18)19)5-16-9(6)8/h1-5H,(H,17,20)(H,18,19). The Hall–Kier alpha value is -2.64. The van der Waals surface area contributed by atoms with Crippen molar-refractivity contribution in [2.45, 2.75) is 6.18 Å². The number of nitrogens with zero attached hydrogens (tertiary/aromatic N) is 1. The number of hydrogen-bond donors (Lipinski definition) is 2. The van der Waals surface area contributed by atoms with Gasteiger partial charge < -0.3 is 10.4 Å². The Labute approximate surface area is 110 Å². The van der Waals surface area contributed by atoms with Crippen LogP contribution in [0.1, 0.15) is 10.4 Å². The van der Waals surface area contributed by atoms with E-state index in [4.69, 9.17) is 5.11 Å². The molecule has 1 aromatic carbocycles. The summed E-state index contributed by atoms with van der Waals surface area (Å²) >= 11 is 0. The fourth-order valence-corrected chi connectivity index (χ4v) is 1.57. The number of alkyl halides is 3. The van der Waals surface area contributed by atoms with Gasteiger partial charge in [0, 0.05) is 11.6 Å². The van der Waals surface area contributed by atoms with Gasteiger partial charge in [-0.15, -0.1) is 0 Å². The van der Waals surface area contributed by atoms with Crippen molar-refractivity contribution in [3.63, 3.8) is 0 Å². The highest BCUT2D eigenvalue weighted by Gasteiger charge is 2.38. The van der Waals surface area contributed by atoms with Crippen molar-refractivity contribution in [1.82, 2.24) is 4.98 Å². The van der Waals surface area contributed by atoms with Crippen LogP contribution in [0.2, 0.25) is 0 Å². The molecule has 0 aliphatic heterocycles. The Balaban J connectivity index is 2.45. The van der Waals surface area contributed by atoms with E-state index in [-0.39, 0.29) is 16.8 Å². The number of halogens is 3. The molecule has 2 rings (SSSR count). The molecule has 0 fully saturated rings. The molecule has 1 aromatic heterocycles. The maximum Gasteiger partial charge on any atom is 0.471 e. The normalized spacial score (nSPS) is 11.3. The summed E-state index contributed by atoms with van der Waals surface area (Å²) in [5, 5.41) is 10.8. The lowest BCUT2D eigenvalue weighted by atomic mass is 10.1. The molecule has 0 bridgehead atoms. The van der Waals surface area contributed by atoms with Gasteiger partial charge >= 0.3 is 18.1 Å². The molecule has 8 heteroatoms. The quantitative estimate of drug-likeness (QED) is 0.887. The van der Waals surface area contributed by atoms with Crippen LogP contribution in [-0.4, -0.2) is 28.1 Å². The summed E-state index contributed by atoms with van der Waals surface area (Å²) < 4.78 is 36.6. The number of aromatic nitrogens is 1. The molecular weight excluding hydrogens is 277 g/mol. The summed E-state index contributed by atoms with van der Waals surface area (Å²) in [5.41, 5.74) is -0.159. The van der Waals surface area contributed by atoms with Gasteiger partial charge in [0.25, 0.3) is 0 Å². The van der Waals surface area contributed by atoms with Gasteiger partial charge in [-0.2, -0.15) is 13.2 Å². The third-order valence-electron chi connectivity index (χ3n) is 2.46. The first-order valence-corrected chi connectivity index (χ1v) is 5.29. The van der Waals surface area contributed by atoms with E-state index in [2.05, 4.69) is 4.98 Å². The molecule has 0 saturated heterocycles. The maximum absolute atomic E-state index is 12.2. The van der Waals surface area contributed by atoms with Crippen LogP contribution in [0, 0.1) is 0 Å². The Morgan fingerprint density at radius 3 is 2.55 bits per heavy atom. The lowest BCUT2D eigenvalue weighted by molar-refractivity contribution is -0.167. The summed E-state index contributed by atoms with van der Waals surface area (Å²) in [5.74, 6) is -3.32. The first kappa shape index (κ1) is 13.8. The molecule has 1 heterocycles. The number of pyridine rings is 1.